The van der Waals surface area contributed by atoms with E-state index in [0.717, 1.165) is 74.4 Å². The van der Waals surface area contributed by atoms with Gasteiger partial charge in [0.05, 0.1) is 48.4 Å². The van der Waals surface area contributed by atoms with Gasteiger partial charge in [-0.15, -0.1) is 0 Å². The lowest BCUT2D eigenvalue weighted by atomic mass is 9.85. The van der Waals surface area contributed by atoms with Crippen LogP contribution in [0.3, 0.4) is 0 Å². The number of anilines is 4. The third kappa shape index (κ3) is 9.84. The number of carbonyl (C=O) groups is 2. The van der Waals surface area contributed by atoms with Crippen LogP contribution in [0.25, 0.3) is 11.3 Å². The Kier molecular flexibility index (Phi) is 14.2. The highest BCUT2D eigenvalue weighted by Crippen LogP contribution is 2.45. The van der Waals surface area contributed by atoms with Crippen LogP contribution in [-0.4, -0.2) is 149 Å². The van der Waals surface area contributed by atoms with Crippen LogP contribution < -0.4 is 29.9 Å². The van der Waals surface area contributed by atoms with Gasteiger partial charge in [0.1, 0.15) is 33.8 Å². The molecule has 2 atom stereocenters. The molecule has 4 aromatic heterocycles. The molecule has 2 fully saturated rings. The molecular weight excluding hydrogens is 901 g/mol. The van der Waals surface area contributed by atoms with Crippen molar-refractivity contribution in [2.75, 3.05) is 86.3 Å². The monoisotopic (exact) mass is 962 g/mol. The molecule has 4 aliphatic rings. The Morgan fingerprint density at radius 2 is 1.01 bits per heavy atom. The molecule has 0 saturated carbocycles. The average molecular weight is 963 g/mol. The summed E-state index contributed by atoms with van der Waals surface area (Å²) in [4.78, 5) is 39.5. The van der Waals surface area contributed by atoms with Gasteiger partial charge in [0.25, 0.3) is 11.8 Å². The summed E-state index contributed by atoms with van der Waals surface area (Å²) in [7, 11) is 0. The summed E-state index contributed by atoms with van der Waals surface area (Å²) < 4.78 is 15.3. The summed E-state index contributed by atoms with van der Waals surface area (Å²) in [5.74, 6) is 1.05. The second-order valence-corrected chi connectivity index (χ2v) is 19.4. The third-order valence-electron chi connectivity index (χ3n) is 14.4. The van der Waals surface area contributed by atoms with Crippen molar-refractivity contribution in [3.8, 4) is 11.5 Å². The fourth-order valence-corrected chi connectivity index (χ4v) is 10.3. The maximum Gasteiger partial charge on any atom is 0.261 e. The molecule has 4 aliphatic heterocycles. The molecule has 0 unspecified atom stereocenters. The number of nitrogens with zero attached hydrogens (tertiary/aromatic N) is 8. The third-order valence-corrected chi connectivity index (χ3v) is 14.4. The maximum absolute atomic E-state index is 13.3. The predicted octanol–water partition coefficient (Wildman–Crippen LogP) is 2.97. The van der Waals surface area contributed by atoms with Gasteiger partial charge < -0.3 is 60.5 Å². The first-order valence-corrected chi connectivity index (χ1v) is 24.0. The minimum Gasteiger partial charge on any atom is -0.484 e. The molecule has 20 nitrogen and oxygen atoms in total. The van der Waals surface area contributed by atoms with Crippen molar-refractivity contribution in [3.05, 3.63) is 95.8 Å². The Morgan fingerprint density at radius 1 is 0.629 bits per heavy atom. The number of amides is 2. The number of benzene rings is 2. The van der Waals surface area contributed by atoms with Crippen LogP contribution in [0.2, 0.25) is 0 Å². The van der Waals surface area contributed by atoms with Gasteiger partial charge in [0.2, 0.25) is 0 Å². The fourth-order valence-electron chi connectivity index (χ4n) is 10.3. The number of hydrogen-bond donors (Lipinski definition) is 8. The molecule has 6 aromatic rings. The first-order valence-electron chi connectivity index (χ1n) is 24.0. The number of aliphatic hydroxyl groups excluding tert-OH is 6. The predicted molar refractivity (Wildman–Crippen MR) is 260 cm³/mol. The number of fused-ring (bicyclic) bond motifs is 4. The Bertz CT molecular complexity index is 2630. The molecule has 0 spiro atoms. The van der Waals surface area contributed by atoms with Crippen molar-refractivity contribution in [2.45, 2.75) is 63.6 Å². The Hall–Kier alpha value is -6.42. The van der Waals surface area contributed by atoms with Gasteiger partial charge in [-0.3, -0.25) is 9.59 Å². The fraction of sp³-hybridized carbons (Fsp3) is 0.480. The number of piperidine rings is 2. The summed E-state index contributed by atoms with van der Waals surface area (Å²) in [5, 5.41) is 72.5. The van der Waals surface area contributed by atoms with Gasteiger partial charge in [0, 0.05) is 125 Å². The zero-order valence-electron chi connectivity index (χ0n) is 39.4. The smallest absolute Gasteiger partial charge is 0.261 e. The van der Waals surface area contributed by atoms with Crippen LogP contribution in [0.15, 0.2) is 73.6 Å². The average Bonchev–Trinajstić information content (AvgIpc) is 4.17. The number of aliphatic hydroxyl groups is 6. The number of aromatic nitrogens is 6. The highest BCUT2D eigenvalue weighted by molar-refractivity contribution is 6.10. The van der Waals surface area contributed by atoms with E-state index < -0.39 is 11.2 Å². The van der Waals surface area contributed by atoms with Crippen molar-refractivity contribution in [2.24, 2.45) is 23.7 Å². The van der Waals surface area contributed by atoms with Crippen LogP contribution in [0.4, 0.5) is 22.7 Å². The first-order chi connectivity index (χ1) is 33.9. The lowest BCUT2D eigenvalue weighted by Gasteiger charge is -2.37. The van der Waals surface area contributed by atoms with Crippen molar-refractivity contribution in [3.63, 3.8) is 0 Å². The second-order valence-electron chi connectivity index (χ2n) is 19.4. The quantitative estimate of drug-likeness (QED) is 0.0780. The Labute approximate surface area is 404 Å². The van der Waals surface area contributed by atoms with Crippen LogP contribution >= 0.6 is 0 Å². The molecule has 0 bridgehead atoms. The van der Waals surface area contributed by atoms with E-state index in [-0.39, 0.29) is 75.1 Å². The number of nitrogens with one attached hydrogen (secondary N) is 2. The topological polar surface area (TPSA) is 265 Å². The van der Waals surface area contributed by atoms with Gasteiger partial charge in [-0.25, -0.2) is 19.0 Å². The molecule has 2 aromatic carbocycles. The lowest BCUT2D eigenvalue weighted by molar-refractivity contribution is 0.0446. The van der Waals surface area contributed by atoms with Crippen LogP contribution in [0.1, 0.15) is 71.4 Å². The Morgan fingerprint density at radius 3 is 1.37 bits per heavy atom. The van der Waals surface area contributed by atoms with Gasteiger partial charge in [-0.05, 0) is 75.6 Å². The van der Waals surface area contributed by atoms with E-state index in [2.05, 4.69) is 40.6 Å². The minimum atomic E-state index is -0.697. The highest BCUT2D eigenvalue weighted by Gasteiger charge is 2.38. The van der Waals surface area contributed by atoms with E-state index in [1.165, 1.54) is 12.4 Å². The normalized spacial score (nSPS) is 20.3. The van der Waals surface area contributed by atoms with Crippen LogP contribution in [-0.2, 0) is 12.8 Å². The summed E-state index contributed by atoms with van der Waals surface area (Å²) in [6.07, 6.45) is 14.1. The molecule has 20 heteroatoms. The van der Waals surface area contributed by atoms with Crippen molar-refractivity contribution in [1.82, 2.24) is 29.2 Å². The van der Waals surface area contributed by atoms with E-state index in [1.54, 1.807) is 46.0 Å². The second kappa shape index (κ2) is 20.5. The van der Waals surface area contributed by atoms with E-state index >= 15 is 0 Å². The van der Waals surface area contributed by atoms with Crippen molar-refractivity contribution in [1.29, 1.82) is 0 Å². The van der Waals surface area contributed by atoms with Crippen molar-refractivity contribution >= 4 is 45.9 Å². The SMILES string of the molecule is C[C@@]1(CO)Cc2cc(NC(=O)c3cnn4cccnc34)c(N3CCC(C(CO)CO)CC3)cc2O1.C[C@]1(CO)Cc2cc(NC(=O)c3cnn4cccnc34)c(N3CCC(C(CO)CO)CC3)cc2O1. The number of hydrogen-bond acceptors (Lipinski definition) is 16. The largest absolute Gasteiger partial charge is 0.484 e. The molecule has 8 heterocycles. The minimum absolute atomic E-state index is 0.0252. The number of rotatable bonds is 14. The van der Waals surface area contributed by atoms with Gasteiger partial charge in [-0.2, -0.15) is 10.2 Å². The van der Waals surface area contributed by atoms with Gasteiger partial charge in [0.15, 0.2) is 11.3 Å². The molecule has 372 valence electrons. The van der Waals surface area contributed by atoms with Gasteiger partial charge in [-0.1, -0.05) is 0 Å². The Balaban J connectivity index is 0.000000174. The molecule has 2 saturated heterocycles. The summed E-state index contributed by atoms with van der Waals surface area (Å²) in [5.41, 5.74) is 5.16. The van der Waals surface area contributed by atoms with Crippen LogP contribution in [0, 0.1) is 23.7 Å². The van der Waals surface area contributed by atoms with Gasteiger partial charge >= 0.3 is 0 Å². The lowest BCUT2D eigenvalue weighted by Crippen LogP contribution is -2.38. The molecule has 8 N–H and O–H groups in total. The molecule has 0 aliphatic carbocycles. The summed E-state index contributed by atoms with van der Waals surface area (Å²) in [6, 6.07) is 11.2. The van der Waals surface area contributed by atoms with Crippen LogP contribution in [0.5, 0.6) is 11.5 Å². The number of ether oxygens (including phenoxy) is 2. The molecule has 2 amide bonds. The first kappa shape index (κ1) is 48.6. The number of carbonyl (C=O) groups excluding carboxylic acids is 2. The standard InChI is InChI=1S/2C25H31N5O5/c2*1-25(15-33)11-17-9-20(28-24(34)19-12-27-30-6-2-5-26-23(19)30)21(10-22(17)35-25)29-7-3-16(4-8-29)18(13-31)14-32/h2*2,5-6,9-10,12,16,18,31-33H,3-4,7-8,11,13-15H2,1H3,(H,28,34)/t2*25-/m10/s1. The van der Waals surface area contributed by atoms with E-state index in [9.17, 15) is 40.2 Å². The zero-order chi connectivity index (χ0) is 49.2. The molecular formula is C50H62N10O10. The van der Waals surface area contributed by atoms with E-state index in [1.807, 2.05) is 38.1 Å². The van der Waals surface area contributed by atoms with Crippen molar-refractivity contribution < 1.29 is 49.7 Å². The molecule has 70 heavy (non-hydrogen) atoms. The highest BCUT2D eigenvalue weighted by atomic mass is 16.5. The summed E-state index contributed by atoms with van der Waals surface area (Å²) >= 11 is 0. The zero-order valence-corrected chi connectivity index (χ0v) is 39.4. The van der Waals surface area contributed by atoms with E-state index in [4.69, 9.17) is 9.47 Å². The molecule has 10 rings (SSSR count). The van der Waals surface area contributed by atoms with E-state index in [0.29, 0.717) is 58.1 Å². The molecule has 0 radical (unpaired) electrons. The maximum atomic E-state index is 13.3. The summed E-state index contributed by atoms with van der Waals surface area (Å²) in [6.45, 7) is 6.30.